The Morgan fingerprint density at radius 2 is 2.29 bits per heavy atom. The summed E-state index contributed by atoms with van der Waals surface area (Å²) >= 11 is 1.85. The van der Waals surface area contributed by atoms with E-state index in [0.29, 0.717) is 11.3 Å². The van der Waals surface area contributed by atoms with Crippen LogP contribution in [-0.2, 0) is 0 Å². The van der Waals surface area contributed by atoms with Crippen molar-refractivity contribution in [3.63, 3.8) is 0 Å². The first kappa shape index (κ1) is 9.99. The molecule has 1 nitrogen and oxygen atoms in total. The molecule has 0 saturated carbocycles. The molecule has 1 aliphatic rings. The van der Waals surface area contributed by atoms with Gasteiger partial charge in [-0.1, -0.05) is 6.92 Å². The SMILES string of the molecule is CCC1Sc2ccc(F)cc2C1NC. The Bertz CT molecular complexity index is 340. The number of rotatable bonds is 2. The van der Waals surface area contributed by atoms with Crippen molar-refractivity contribution in [1.29, 1.82) is 0 Å². The van der Waals surface area contributed by atoms with Crippen molar-refractivity contribution in [3.05, 3.63) is 29.6 Å². The first-order chi connectivity index (χ1) is 6.76. The second-order valence-electron chi connectivity index (χ2n) is 3.51. The summed E-state index contributed by atoms with van der Waals surface area (Å²) < 4.78 is 13.1. The van der Waals surface area contributed by atoms with Crippen LogP contribution < -0.4 is 5.32 Å². The van der Waals surface area contributed by atoms with Gasteiger partial charge in [0.2, 0.25) is 0 Å². The highest BCUT2D eigenvalue weighted by atomic mass is 32.2. The van der Waals surface area contributed by atoms with Crippen LogP contribution in [-0.4, -0.2) is 12.3 Å². The number of thioether (sulfide) groups is 1. The third-order valence-corrected chi connectivity index (χ3v) is 4.20. The fourth-order valence-electron chi connectivity index (χ4n) is 1.96. The molecule has 0 radical (unpaired) electrons. The Morgan fingerprint density at radius 1 is 1.50 bits per heavy atom. The molecule has 1 heterocycles. The van der Waals surface area contributed by atoms with Gasteiger partial charge in [0.25, 0.3) is 0 Å². The molecule has 1 aliphatic heterocycles. The van der Waals surface area contributed by atoms with Crippen LogP contribution in [0.4, 0.5) is 4.39 Å². The van der Waals surface area contributed by atoms with Gasteiger partial charge in [-0.05, 0) is 37.2 Å². The topological polar surface area (TPSA) is 12.0 Å². The average molecular weight is 211 g/mol. The summed E-state index contributed by atoms with van der Waals surface area (Å²) in [5.74, 6) is -0.138. The molecule has 14 heavy (non-hydrogen) atoms. The summed E-state index contributed by atoms with van der Waals surface area (Å²) in [5, 5.41) is 3.80. The maximum atomic E-state index is 13.1. The number of nitrogens with one attached hydrogen (secondary N) is 1. The summed E-state index contributed by atoms with van der Waals surface area (Å²) in [7, 11) is 1.94. The minimum atomic E-state index is -0.138. The normalized spacial score (nSPS) is 25.1. The van der Waals surface area contributed by atoms with Crippen LogP contribution in [0.2, 0.25) is 0 Å². The highest BCUT2D eigenvalue weighted by Gasteiger charge is 2.30. The van der Waals surface area contributed by atoms with Gasteiger partial charge >= 0.3 is 0 Å². The number of halogens is 1. The second kappa shape index (κ2) is 3.91. The molecule has 0 aliphatic carbocycles. The molecule has 0 spiro atoms. The van der Waals surface area contributed by atoms with Crippen molar-refractivity contribution < 1.29 is 4.39 Å². The molecule has 1 N–H and O–H groups in total. The zero-order chi connectivity index (χ0) is 10.1. The largest absolute Gasteiger partial charge is 0.312 e. The first-order valence-corrected chi connectivity index (χ1v) is 5.77. The van der Waals surface area contributed by atoms with E-state index in [1.807, 2.05) is 24.9 Å². The second-order valence-corrected chi connectivity index (χ2v) is 4.79. The van der Waals surface area contributed by atoms with Gasteiger partial charge in [-0.25, -0.2) is 4.39 Å². The van der Waals surface area contributed by atoms with Gasteiger partial charge in [-0.3, -0.25) is 0 Å². The Morgan fingerprint density at radius 3 is 2.93 bits per heavy atom. The van der Waals surface area contributed by atoms with Gasteiger partial charge < -0.3 is 5.32 Å². The monoisotopic (exact) mass is 211 g/mol. The maximum absolute atomic E-state index is 13.1. The molecule has 1 aromatic rings. The van der Waals surface area contributed by atoms with Gasteiger partial charge in [-0.2, -0.15) is 0 Å². The Labute approximate surface area is 88.1 Å². The van der Waals surface area contributed by atoms with Crippen LogP contribution in [0.15, 0.2) is 23.1 Å². The van der Waals surface area contributed by atoms with Gasteiger partial charge in [0, 0.05) is 16.2 Å². The molecule has 2 unspecified atom stereocenters. The van der Waals surface area contributed by atoms with E-state index in [0.717, 1.165) is 12.0 Å². The smallest absolute Gasteiger partial charge is 0.123 e. The standard InChI is InChI=1S/C11H14FNS/c1-3-9-11(13-2)8-6-7(12)4-5-10(8)14-9/h4-6,9,11,13H,3H2,1-2H3. The van der Waals surface area contributed by atoms with E-state index >= 15 is 0 Å². The van der Waals surface area contributed by atoms with E-state index in [1.165, 1.54) is 11.0 Å². The third kappa shape index (κ3) is 1.55. The summed E-state index contributed by atoms with van der Waals surface area (Å²) in [6.07, 6.45) is 1.10. The summed E-state index contributed by atoms with van der Waals surface area (Å²) in [5.41, 5.74) is 1.12. The molecule has 76 valence electrons. The van der Waals surface area contributed by atoms with Gasteiger partial charge in [0.05, 0.1) is 0 Å². The lowest BCUT2D eigenvalue weighted by Crippen LogP contribution is -2.23. The van der Waals surface area contributed by atoms with E-state index < -0.39 is 0 Å². The number of hydrogen-bond donors (Lipinski definition) is 1. The Hall–Kier alpha value is -0.540. The van der Waals surface area contributed by atoms with Crippen LogP contribution in [0.1, 0.15) is 24.9 Å². The van der Waals surface area contributed by atoms with Crippen molar-refractivity contribution >= 4 is 11.8 Å². The minimum Gasteiger partial charge on any atom is -0.312 e. The van der Waals surface area contributed by atoms with Crippen LogP contribution >= 0.6 is 11.8 Å². The molecule has 0 amide bonds. The quantitative estimate of drug-likeness (QED) is 0.807. The van der Waals surface area contributed by atoms with E-state index in [1.54, 1.807) is 6.07 Å². The highest BCUT2D eigenvalue weighted by Crippen LogP contribution is 2.45. The van der Waals surface area contributed by atoms with Gasteiger partial charge in [0.1, 0.15) is 5.82 Å². The van der Waals surface area contributed by atoms with Crippen molar-refractivity contribution in [2.75, 3.05) is 7.05 Å². The number of fused-ring (bicyclic) bond motifs is 1. The van der Waals surface area contributed by atoms with Gasteiger partial charge in [0.15, 0.2) is 0 Å². The molecule has 0 saturated heterocycles. The van der Waals surface area contributed by atoms with Crippen molar-refractivity contribution in [2.45, 2.75) is 29.5 Å². The fourth-order valence-corrected chi connectivity index (χ4v) is 3.34. The number of hydrogen-bond acceptors (Lipinski definition) is 2. The molecule has 0 bridgehead atoms. The lowest BCUT2D eigenvalue weighted by atomic mass is 10.0. The lowest BCUT2D eigenvalue weighted by Gasteiger charge is -2.16. The fraction of sp³-hybridized carbons (Fsp3) is 0.455. The molecule has 0 aromatic heterocycles. The molecule has 1 aromatic carbocycles. The predicted octanol–water partition coefficient (Wildman–Crippen LogP) is 2.97. The summed E-state index contributed by atoms with van der Waals surface area (Å²) in [6.45, 7) is 2.17. The Kier molecular flexibility index (Phi) is 2.79. The zero-order valence-corrected chi connectivity index (χ0v) is 9.20. The molecule has 0 fully saturated rings. The van der Waals surface area contributed by atoms with E-state index in [2.05, 4.69) is 12.2 Å². The van der Waals surface area contributed by atoms with Crippen LogP contribution in [0, 0.1) is 5.82 Å². The average Bonchev–Trinajstić information content (AvgIpc) is 2.54. The van der Waals surface area contributed by atoms with Gasteiger partial charge in [-0.15, -0.1) is 11.8 Å². The minimum absolute atomic E-state index is 0.138. The van der Waals surface area contributed by atoms with E-state index in [9.17, 15) is 4.39 Å². The van der Waals surface area contributed by atoms with Crippen molar-refractivity contribution in [1.82, 2.24) is 5.32 Å². The van der Waals surface area contributed by atoms with Crippen molar-refractivity contribution in [3.8, 4) is 0 Å². The molecular weight excluding hydrogens is 197 g/mol. The number of benzene rings is 1. The molecular formula is C11H14FNS. The first-order valence-electron chi connectivity index (χ1n) is 4.89. The summed E-state index contributed by atoms with van der Waals surface area (Å²) in [6, 6.07) is 5.38. The van der Waals surface area contributed by atoms with Crippen LogP contribution in [0.5, 0.6) is 0 Å². The molecule has 2 atom stereocenters. The molecule has 3 heteroatoms. The Balaban J connectivity index is 2.38. The molecule has 2 rings (SSSR count). The van der Waals surface area contributed by atoms with E-state index in [-0.39, 0.29) is 5.82 Å². The lowest BCUT2D eigenvalue weighted by molar-refractivity contribution is 0.554. The van der Waals surface area contributed by atoms with Crippen LogP contribution in [0.3, 0.4) is 0 Å². The van der Waals surface area contributed by atoms with Crippen LogP contribution in [0.25, 0.3) is 0 Å². The van der Waals surface area contributed by atoms with E-state index in [4.69, 9.17) is 0 Å². The van der Waals surface area contributed by atoms with Crippen molar-refractivity contribution in [2.24, 2.45) is 0 Å². The predicted molar refractivity (Wildman–Crippen MR) is 58.1 cm³/mol. The zero-order valence-electron chi connectivity index (χ0n) is 8.38. The maximum Gasteiger partial charge on any atom is 0.123 e. The highest BCUT2D eigenvalue weighted by molar-refractivity contribution is 8.00. The third-order valence-electron chi connectivity index (χ3n) is 2.67. The summed E-state index contributed by atoms with van der Waals surface area (Å²) in [4.78, 5) is 1.22.